The molecule has 0 aliphatic carbocycles. The lowest BCUT2D eigenvalue weighted by Gasteiger charge is -2.20. The first-order valence-electron chi connectivity index (χ1n) is 4.98. The van der Waals surface area contributed by atoms with E-state index in [9.17, 15) is 4.79 Å². The maximum absolute atomic E-state index is 11.4. The summed E-state index contributed by atoms with van der Waals surface area (Å²) < 4.78 is 4.89. The number of hydrogen-bond acceptors (Lipinski definition) is 4. The van der Waals surface area contributed by atoms with Gasteiger partial charge in [0, 0.05) is 0 Å². The molecule has 0 bridgehead atoms. The summed E-state index contributed by atoms with van der Waals surface area (Å²) in [4.78, 5) is 11.4. The molecular weight excluding hydrogens is 184 g/mol. The first-order chi connectivity index (χ1) is 6.56. The van der Waals surface area contributed by atoms with Crippen LogP contribution in [0.2, 0.25) is 0 Å². The van der Waals surface area contributed by atoms with Crippen molar-refractivity contribution in [1.82, 2.24) is 0 Å². The number of esters is 1. The molecule has 0 aliphatic rings. The summed E-state index contributed by atoms with van der Waals surface area (Å²) in [7, 11) is 0. The van der Waals surface area contributed by atoms with Gasteiger partial charge in [0.15, 0.2) is 0 Å². The van der Waals surface area contributed by atoms with Crippen LogP contribution < -0.4 is 0 Å². The lowest BCUT2D eigenvalue weighted by atomic mass is 9.94. The molecule has 14 heavy (non-hydrogen) atoms. The highest BCUT2D eigenvalue weighted by Gasteiger charge is 2.22. The molecule has 0 rings (SSSR count). The van der Waals surface area contributed by atoms with E-state index in [0.29, 0.717) is 0 Å². The summed E-state index contributed by atoms with van der Waals surface area (Å²) in [6, 6.07) is 0. The van der Waals surface area contributed by atoms with Gasteiger partial charge in [0.05, 0.1) is 19.1 Å². The highest BCUT2D eigenvalue weighted by atomic mass is 16.6. The standard InChI is InChI=1S/C10H20O4/c1-4-7(2)8(3)10(13)14-9(5-11)6-12/h7-9,11-12H,4-6H2,1-3H3. The molecule has 4 nitrogen and oxygen atoms in total. The van der Waals surface area contributed by atoms with E-state index in [1.165, 1.54) is 0 Å². The molecule has 2 atom stereocenters. The Morgan fingerprint density at radius 2 is 1.79 bits per heavy atom. The van der Waals surface area contributed by atoms with Gasteiger partial charge in [-0.2, -0.15) is 0 Å². The summed E-state index contributed by atoms with van der Waals surface area (Å²) >= 11 is 0. The quantitative estimate of drug-likeness (QED) is 0.621. The van der Waals surface area contributed by atoms with Gasteiger partial charge in [-0.05, 0) is 5.92 Å². The normalized spacial score (nSPS) is 15.3. The minimum Gasteiger partial charge on any atom is -0.457 e. The van der Waals surface area contributed by atoms with Crippen LogP contribution in [0.5, 0.6) is 0 Å². The van der Waals surface area contributed by atoms with Crippen LogP contribution in [0.25, 0.3) is 0 Å². The van der Waals surface area contributed by atoms with Crippen LogP contribution in [0.15, 0.2) is 0 Å². The Labute approximate surface area is 84.9 Å². The van der Waals surface area contributed by atoms with E-state index in [-0.39, 0.29) is 31.0 Å². The molecule has 0 aromatic carbocycles. The van der Waals surface area contributed by atoms with Gasteiger partial charge in [0.2, 0.25) is 0 Å². The van der Waals surface area contributed by atoms with Crippen LogP contribution in [-0.4, -0.2) is 35.5 Å². The number of carbonyl (C=O) groups is 1. The summed E-state index contributed by atoms with van der Waals surface area (Å²) in [6.07, 6.45) is 0.119. The van der Waals surface area contributed by atoms with Crippen molar-refractivity contribution in [2.24, 2.45) is 11.8 Å². The highest BCUT2D eigenvalue weighted by molar-refractivity contribution is 5.72. The van der Waals surface area contributed by atoms with E-state index in [2.05, 4.69) is 0 Å². The Hall–Kier alpha value is -0.610. The van der Waals surface area contributed by atoms with E-state index in [1.54, 1.807) is 6.92 Å². The highest BCUT2D eigenvalue weighted by Crippen LogP contribution is 2.16. The van der Waals surface area contributed by atoms with Crippen molar-refractivity contribution in [3.63, 3.8) is 0 Å². The largest absolute Gasteiger partial charge is 0.457 e. The van der Waals surface area contributed by atoms with E-state index in [0.717, 1.165) is 6.42 Å². The van der Waals surface area contributed by atoms with Crippen molar-refractivity contribution in [1.29, 1.82) is 0 Å². The first kappa shape index (κ1) is 13.4. The Bertz CT molecular complexity index is 166. The average Bonchev–Trinajstić information content (AvgIpc) is 2.23. The molecule has 2 unspecified atom stereocenters. The van der Waals surface area contributed by atoms with Crippen LogP contribution >= 0.6 is 0 Å². The van der Waals surface area contributed by atoms with Gasteiger partial charge >= 0.3 is 5.97 Å². The zero-order valence-electron chi connectivity index (χ0n) is 9.06. The van der Waals surface area contributed by atoms with Gasteiger partial charge in [-0.3, -0.25) is 4.79 Å². The third-order valence-corrected chi connectivity index (χ3v) is 2.56. The van der Waals surface area contributed by atoms with Gasteiger partial charge in [0.1, 0.15) is 6.10 Å². The lowest BCUT2D eigenvalue weighted by molar-refractivity contribution is -0.159. The molecule has 0 heterocycles. The predicted molar refractivity (Wildman–Crippen MR) is 52.7 cm³/mol. The molecule has 84 valence electrons. The minimum atomic E-state index is -0.783. The predicted octanol–water partition coefficient (Wildman–Crippen LogP) is 0.565. The van der Waals surface area contributed by atoms with E-state index in [1.807, 2.05) is 13.8 Å². The van der Waals surface area contributed by atoms with Gasteiger partial charge in [-0.1, -0.05) is 27.2 Å². The van der Waals surface area contributed by atoms with Gasteiger partial charge in [-0.15, -0.1) is 0 Å². The molecule has 0 amide bonds. The SMILES string of the molecule is CCC(C)C(C)C(=O)OC(CO)CO. The van der Waals surface area contributed by atoms with Gasteiger partial charge < -0.3 is 14.9 Å². The van der Waals surface area contributed by atoms with Gasteiger partial charge in [-0.25, -0.2) is 0 Å². The van der Waals surface area contributed by atoms with E-state index < -0.39 is 6.10 Å². The molecule has 0 spiro atoms. The Morgan fingerprint density at radius 1 is 1.29 bits per heavy atom. The third-order valence-electron chi connectivity index (χ3n) is 2.56. The number of carbonyl (C=O) groups excluding carboxylic acids is 1. The topological polar surface area (TPSA) is 66.8 Å². The van der Waals surface area contributed by atoms with Crippen molar-refractivity contribution in [3.8, 4) is 0 Å². The molecular formula is C10H20O4. The van der Waals surface area contributed by atoms with Crippen LogP contribution in [0, 0.1) is 11.8 Å². The van der Waals surface area contributed by atoms with E-state index >= 15 is 0 Å². The summed E-state index contributed by atoms with van der Waals surface area (Å²) in [5, 5.41) is 17.4. The second kappa shape index (κ2) is 6.79. The zero-order valence-corrected chi connectivity index (χ0v) is 9.06. The Kier molecular flexibility index (Phi) is 6.49. The van der Waals surface area contributed by atoms with Crippen LogP contribution in [0.1, 0.15) is 27.2 Å². The maximum Gasteiger partial charge on any atom is 0.309 e. The lowest BCUT2D eigenvalue weighted by Crippen LogP contribution is -2.30. The fraction of sp³-hybridized carbons (Fsp3) is 0.900. The fourth-order valence-electron chi connectivity index (χ4n) is 0.990. The summed E-state index contributed by atoms with van der Waals surface area (Å²) in [5.41, 5.74) is 0. The smallest absolute Gasteiger partial charge is 0.309 e. The number of aliphatic hydroxyl groups excluding tert-OH is 2. The molecule has 0 saturated heterocycles. The Balaban J connectivity index is 4.06. The number of ether oxygens (including phenoxy) is 1. The third kappa shape index (κ3) is 4.07. The van der Waals surface area contributed by atoms with Crippen molar-refractivity contribution >= 4 is 5.97 Å². The Morgan fingerprint density at radius 3 is 2.14 bits per heavy atom. The molecule has 4 heteroatoms. The van der Waals surface area contributed by atoms with E-state index in [4.69, 9.17) is 14.9 Å². The molecule has 2 N–H and O–H groups in total. The van der Waals surface area contributed by atoms with Crippen molar-refractivity contribution in [3.05, 3.63) is 0 Å². The summed E-state index contributed by atoms with van der Waals surface area (Å²) in [6.45, 7) is 5.09. The molecule has 0 saturated carbocycles. The van der Waals surface area contributed by atoms with Crippen LogP contribution in [-0.2, 0) is 9.53 Å². The second-order valence-electron chi connectivity index (χ2n) is 3.60. The first-order valence-corrected chi connectivity index (χ1v) is 4.98. The van der Waals surface area contributed by atoms with Gasteiger partial charge in [0.25, 0.3) is 0 Å². The van der Waals surface area contributed by atoms with Crippen LogP contribution in [0.4, 0.5) is 0 Å². The average molecular weight is 204 g/mol. The number of rotatable bonds is 6. The number of hydrogen-bond donors (Lipinski definition) is 2. The molecule has 0 aromatic rings. The molecule has 0 aliphatic heterocycles. The second-order valence-corrected chi connectivity index (χ2v) is 3.60. The fourth-order valence-corrected chi connectivity index (χ4v) is 0.990. The monoisotopic (exact) mass is 204 g/mol. The number of aliphatic hydroxyl groups is 2. The maximum atomic E-state index is 11.4. The van der Waals surface area contributed by atoms with Crippen molar-refractivity contribution in [2.75, 3.05) is 13.2 Å². The molecule has 0 aromatic heterocycles. The summed E-state index contributed by atoms with van der Waals surface area (Å²) in [5.74, 6) is -0.298. The van der Waals surface area contributed by atoms with Crippen molar-refractivity contribution in [2.45, 2.75) is 33.3 Å². The minimum absolute atomic E-state index is 0.194. The molecule has 0 radical (unpaired) electrons. The molecule has 0 fully saturated rings. The van der Waals surface area contributed by atoms with Crippen LogP contribution in [0.3, 0.4) is 0 Å². The zero-order chi connectivity index (χ0) is 11.1. The van der Waals surface area contributed by atoms with Crippen molar-refractivity contribution < 1.29 is 19.7 Å².